The van der Waals surface area contributed by atoms with E-state index in [1.165, 1.54) is 44.5 Å². The molecule has 328 valence electrons. The Kier molecular flexibility index (Phi) is 9.11. The van der Waals surface area contributed by atoms with Gasteiger partial charge in [0.2, 0.25) is 0 Å². The number of hydrogen-bond acceptors (Lipinski definition) is 3. The predicted molar refractivity (Wildman–Crippen MR) is 289 cm³/mol. The van der Waals surface area contributed by atoms with Gasteiger partial charge in [0.15, 0.2) is 0 Å². The summed E-state index contributed by atoms with van der Waals surface area (Å²) in [6.07, 6.45) is 0. The van der Waals surface area contributed by atoms with Crippen LogP contribution in [-0.4, -0.2) is 0 Å². The van der Waals surface area contributed by atoms with Crippen LogP contribution in [0.4, 0.5) is 17.1 Å². The first-order chi connectivity index (χ1) is 34.7. The van der Waals surface area contributed by atoms with Crippen molar-refractivity contribution < 1.29 is 8.83 Å². The summed E-state index contributed by atoms with van der Waals surface area (Å²) in [5, 5.41) is 4.48. The number of furan rings is 2. The molecule has 13 aromatic rings. The lowest BCUT2D eigenvalue weighted by Gasteiger charge is -2.35. The Morgan fingerprint density at radius 3 is 1.26 bits per heavy atom. The summed E-state index contributed by atoms with van der Waals surface area (Å²) in [5.41, 5.74) is 20.3. The second-order valence-corrected chi connectivity index (χ2v) is 18.3. The molecule has 1 aliphatic rings. The van der Waals surface area contributed by atoms with Gasteiger partial charge >= 0.3 is 0 Å². The molecule has 0 atom stereocenters. The van der Waals surface area contributed by atoms with Gasteiger partial charge in [0.1, 0.15) is 22.3 Å². The number of hydrogen-bond donors (Lipinski definition) is 0. The fourth-order valence-electron chi connectivity index (χ4n) is 11.5. The van der Waals surface area contributed by atoms with Gasteiger partial charge in [-0.05, 0) is 104 Å². The molecule has 0 spiro atoms. The van der Waals surface area contributed by atoms with Crippen molar-refractivity contribution in [1.29, 1.82) is 0 Å². The van der Waals surface area contributed by atoms with E-state index in [4.69, 9.17) is 8.83 Å². The monoisotopic (exact) mass is 893 g/mol. The Morgan fingerprint density at radius 2 is 0.714 bits per heavy atom. The third-order valence-electron chi connectivity index (χ3n) is 14.6. The molecule has 70 heavy (non-hydrogen) atoms. The third-order valence-corrected chi connectivity index (χ3v) is 14.6. The van der Waals surface area contributed by atoms with E-state index in [9.17, 15) is 0 Å². The minimum Gasteiger partial charge on any atom is -0.455 e. The van der Waals surface area contributed by atoms with E-state index in [0.717, 1.165) is 83.2 Å². The van der Waals surface area contributed by atoms with Crippen LogP contribution in [0.25, 0.3) is 88.4 Å². The summed E-state index contributed by atoms with van der Waals surface area (Å²) >= 11 is 0. The van der Waals surface area contributed by atoms with Gasteiger partial charge in [0.05, 0.1) is 5.41 Å². The molecule has 0 saturated heterocycles. The quantitative estimate of drug-likeness (QED) is 0.152. The molecule has 0 bridgehead atoms. The molecule has 0 saturated carbocycles. The van der Waals surface area contributed by atoms with Crippen LogP contribution in [0.15, 0.2) is 270 Å². The van der Waals surface area contributed by atoms with Crippen LogP contribution >= 0.6 is 0 Å². The maximum Gasteiger partial charge on any atom is 0.143 e. The zero-order chi connectivity index (χ0) is 46.2. The lowest BCUT2D eigenvalue weighted by molar-refractivity contribution is 0.669. The van der Waals surface area contributed by atoms with Crippen LogP contribution in [0.1, 0.15) is 22.3 Å². The summed E-state index contributed by atoms with van der Waals surface area (Å²) in [6, 6.07) is 94.3. The first kappa shape index (κ1) is 39.9. The minimum atomic E-state index is -0.607. The first-order valence-corrected chi connectivity index (χ1v) is 24.0. The zero-order valence-electron chi connectivity index (χ0n) is 38.1. The summed E-state index contributed by atoms with van der Waals surface area (Å²) in [6.45, 7) is 0. The Labute approximate surface area is 405 Å². The second-order valence-electron chi connectivity index (χ2n) is 18.3. The summed E-state index contributed by atoms with van der Waals surface area (Å²) < 4.78 is 13.1. The van der Waals surface area contributed by atoms with Crippen molar-refractivity contribution in [3.8, 4) is 44.5 Å². The van der Waals surface area contributed by atoms with Crippen molar-refractivity contribution in [1.82, 2.24) is 0 Å². The predicted octanol–water partition coefficient (Wildman–Crippen LogP) is 18.3. The van der Waals surface area contributed by atoms with Crippen LogP contribution < -0.4 is 4.90 Å². The van der Waals surface area contributed by atoms with Gasteiger partial charge in [-0.25, -0.2) is 0 Å². The molecule has 0 fully saturated rings. The van der Waals surface area contributed by atoms with Crippen molar-refractivity contribution in [3.05, 3.63) is 283 Å². The van der Waals surface area contributed by atoms with Crippen LogP contribution in [0, 0.1) is 0 Å². The van der Waals surface area contributed by atoms with E-state index in [1.54, 1.807) is 0 Å². The maximum atomic E-state index is 6.53. The SMILES string of the molecule is c1ccc(-c2cccc3c2-c2ccc(N(c4ccc(-c5cccc6c5oc5ccccc56)cc4)c4ccc(-c5cccc6c5oc5ccccc56)cc4)cc2C3(c2ccccc2)c2ccccc2)cc1. The van der Waals surface area contributed by atoms with Gasteiger partial charge < -0.3 is 13.7 Å². The minimum absolute atomic E-state index is 0.607. The van der Waals surface area contributed by atoms with E-state index in [1.807, 2.05) is 24.3 Å². The van der Waals surface area contributed by atoms with E-state index >= 15 is 0 Å². The Bertz CT molecular complexity index is 3900. The standard InChI is InChI=1S/C67H43NO2/c1-4-17-44(18-5-1)52-25-16-30-60-64(52)59-42-41-51(43-61(59)67(60,47-19-6-2-7-20-47)48-21-8-3-9-22-48)68(49-37-33-45(34-38-49)53-26-14-28-57-55-23-10-12-31-62(55)69-65(53)57)50-39-35-46(36-40-50)54-27-15-29-58-56-24-11-13-32-63(56)70-66(54)58/h1-43H. The summed E-state index contributed by atoms with van der Waals surface area (Å²) in [5.74, 6) is 0. The highest BCUT2D eigenvalue weighted by atomic mass is 16.3. The second kappa shape index (κ2) is 16.0. The highest BCUT2D eigenvalue weighted by Crippen LogP contribution is 2.59. The highest BCUT2D eigenvalue weighted by molar-refractivity contribution is 6.11. The van der Waals surface area contributed by atoms with Crippen LogP contribution in [0.2, 0.25) is 0 Å². The molecule has 0 amide bonds. The average Bonchev–Trinajstić information content (AvgIpc) is 4.11. The fourth-order valence-corrected chi connectivity index (χ4v) is 11.5. The van der Waals surface area contributed by atoms with E-state index < -0.39 is 5.41 Å². The van der Waals surface area contributed by atoms with Crippen molar-refractivity contribution in [2.75, 3.05) is 4.90 Å². The van der Waals surface area contributed by atoms with Crippen LogP contribution in [0.3, 0.4) is 0 Å². The smallest absolute Gasteiger partial charge is 0.143 e. The molecule has 2 heterocycles. The molecule has 3 nitrogen and oxygen atoms in total. The number of nitrogens with zero attached hydrogens (tertiary/aromatic N) is 1. The van der Waals surface area contributed by atoms with Gasteiger partial charge in [-0.1, -0.05) is 212 Å². The van der Waals surface area contributed by atoms with Crippen molar-refractivity contribution in [2.24, 2.45) is 0 Å². The molecule has 11 aromatic carbocycles. The number of benzene rings is 11. The van der Waals surface area contributed by atoms with Gasteiger partial charge in [-0.15, -0.1) is 0 Å². The van der Waals surface area contributed by atoms with E-state index in [0.29, 0.717) is 0 Å². The molecule has 0 unspecified atom stereocenters. The maximum absolute atomic E-state index is 6.53. The van der Waals surface area contributed by atoms with E-state index in [2.05, 4.69) is 241 Å². The van der Waals surface area contributed by atoms with Gasteiger partial charge in [0, 0.05) is 49.7 Å². The average molecular weight is 894 g/mol. The largest absolute Gasteiger partial charge is 0.455 e. The zero-order valence-corrected chi connectivity index (χ0v) is 38.1. The number of para-hydroxylation sites is 4. The van der Waals surface area contributed by atoms with Gasteiger partial charge in [-0.3, -0.25) is 0 Å². The van der Waals surface area contributed by atoms with E-state index in [-0.39, 0.29) is 0 Å². The Morgan fingerprint density at radius 1 is 0.286 bits per heavy atom. The molecular formula is C67H43NO2. The normalized spacial score (nSPS) is 12.7. The molecular weight excluding hydrogens is 851 g/mol. The molecule has 0 N–H and O–H groups in total. The van der Waals surface area contributed by atoms with Crippen molar-refractivity contribution in [2.45, 2.75) is 5.41 Å². The molecule has 0 aliphatic heterocycles. The van der Waals surface area contributed by atoms with Crippen LogP contribution in [0.5, 0.6) is 0 Å². The van der Waals surface area contributed by atoms with Crippen LogP contribution in [-0.2, 0) is 5.41 Å². The topological polar surface area (TPSA) is 29.5 Å². The Balaban J connectivity index is 0.977. The third kappa shape index (κ3) is 6.08. The molecule has 1 aliphatic carbocycles. The van der Waals surface area contributed by atoms with Crippen molar-refractivity contribution in [3.63, 3.8) is 0 Å². The fraction of sp³-hybridized carbons (Fsp3) is 0.0149. The molecule has 14 rings (SSSR count). The molecule has 0 radical (unpaired) electrons. The number of anilines is 3. The summed E-state index contributed by atoms with van der Waals surface area (Å²) in [7, 11) is 0. The number of rotatable bonds is 8. The summed E-state index contributed by atoms with van der Waals surface area (Å²) in [4.78, 5) is 2.40. The lowest BCUT2D eigenvalue weighted by Crippen LogP contribution is -2.28. The highest BCUT2D eigenvalue weighted by Gasteiger charge is 2.47. The van der Waals surface area contributed by atoms with Crippen molar-refractivity contribution >= 4 is 60.9 Å². The Hall–Kier alpha value is -9.18. The molecule has 2 aromatic heterocycles. The van der Waals surface area contributed by atoms with Gasteiger partial charge in [-0.2, -0.15) is 0 Å². The number of fused-ring (bicyclic) bond motifs is 9. The molecule has 3 heteroatoms. The lowest BCUT2D eigenvalue weighted by atomic mass is 9.67. The van der Waals surface area contributed by atoms with Gasteiger partial charge in [0.25, 0.3) is 0 Å². The first-order valence-electron chi connectivity index (χ1n) is 24.0.